The van der Waals surface area contributed by atoms with Crippen molar-refractivity contribution in [1.82, 2.24) is 5.43 Å². The topological polar surface area (TPSA) is 140 Å². The van der Waals surface area contributed by atoms with Gasteiger partial charge in [-0.3, -0.25) is 19.7 Å². The summed E-state index contributed by atoms with van der Waals surface area (Å²) in [6.07, 6.45) is -3.43. The van der Waals surface area contributed by atoms with Gasteiger partial charge in [-0.25, -0.2) is 10.2 Å². The van der Waals surface area contributed by atoms with Crippen LogP contribution in [-0.2, 0) is 15.8 Å². The molecule has 10 nitrogen and oxygen atoms in total. The second-order valence-corrected chi connectivity index (χ2v) is 6.99. The van der Waals surface area contributed by atoms with Gasteiger partial charge in [-0.1, -0.05) is 6.07 Å². The molecule has 0 bridgehead atoms. The van der Waals surface area contributed by atoms with E-state index < -0.39 is 34.4 Å². The van der Waals surface area contributed by atoms with Crippen molar-refractivity contribution in [3.05, 3.63) is 99.6 Å². The molecule has 2 amide bonds. The summed E-state index contributed by atoms with van der Waals surface area (Å²) in [6.45, 7) is 0. The van der Waals surface area contributed by atoms with Gasteiger partial charge in [0.25, 0.3) is 5.69 Å². The van der Waals surface area contributed by atoms with Crippen molar-refractivity contribution >= 4 is 35.4 Å². The number of ether oxygens (including phenoxy) is 1. The number of nitrogens with zero attached hydrogens (tertiary/aromatic N) is 2. The van der Waals surface area contributed by atoms with Crippen LogP contribution in [0, 0.1) is 10.1 Å². The third-order valence-electron chi connectivity index (χ3n) is 4.44. The second kappa shape index (κ2) is 10.9. The number of non-ortho nitro benzene ring substituents is 1. The van der Waals surface area contributed by atoms with Gasteiger partial charge in [0.2, 0.25) is 0 Å². The standard InChI is InChI=1S/C23H15F3N4O6/c24-23(25,26)16-2-1-3-17(12-16)28-20(31)21(32)29-27-13-14-4-10-19(11-5-14)36-22(33)15-6-8-18(9-7-15)30(34)35/h1-13H,(H,28,31)(H,29,32). The molecule has 0 atom stereocenters. The van der Waals surface area contributed by atoms with Crippen LogP contribution in [0.15, 0.2) is 77.9 Å². The van der Waals surface area contributed by atoms with Gasteiger partial charge in [0.05, 0.1) is 22.3 Å². The molecule has 13 heteroatoms. The van der Waals surface area contributed by atoms with Crippen LogP contribution in [0.2, 0.25) is 0 Å². The number of nitro benzene ring substituents is 1. The van der Waals surface area contributed by atoms with Crippen LogP contribution in [0.1, 0.15) is 21.5 Å². The summed E-state index contributed by atoms with van der Waals surface area (Å²) in [6, 6.07) is 14.5. The minimum absolute atomic E-state index is 0.109. The number of hydrogen-bond donors (Lipinski definition) is 2. The highest BCUT2D eigenvalue weighted by Gasteiger charge is 2.30. The van der Waals surface area contributed by atoms with Crippen LogP contribution in [-0.4, -0.2) is 28.9 Å². The van der Waals surface area contributed by atoms with E-state index in [9.17, 15) is 37.7 Å². The Morgan fingerprint density at radius 3 is 2.22 bits per heavy atom. The highest BCUT2D eigenvalue weighted by Crippen LogP contribution is 2.30. The zero-order valence-corrected chi connectivity index (χ0v) is 18.0. The number of amides is 2. The van der Waals surface area contributed by atoms with Crippen molar-refractivity contribution in [2.45, 2.75) is 6.18 Å². The Kier molecular flexibility index (Phi) is 7.74. The average molecular weight is 500 g/mol. The molecule has 184 valence electrons. The minimum Gasteiger partial charge on any atom is -0.423 e. The summed E-state index contributed by atoms with van der Waals surface area (Å²) in [5.74, 6) is -3.00. The number of benzene rings is 3. The molecule has 0 spiro atoms. The SMILES string of the molecule is O=C(NN=Cc1ccc(OC(=O)c2ccc([N+](=O)[O-])cc2)cc1)C(=O)Nc1cccc(C(F)(F)F)c1. The number of carbonyl (C=O) groups is 3. The van der Waals surface area contributed by atoms with E-state index in [1.54, 1.807) is 0 Å². The number of alkyl halides is 3. The van der Waals surface area contributed by atoms with Crippen molar-refractivity contribution in [3.8, 4) is 5.75 Å². The van der Waals surface area contributed by atoms with Crippen molar-refractivity contribution in [2.75, 3.05) is 5.32 Å². The lowest BCUT2D eigenvalue weighted by atomic mass is 10.2. The summed E-state index contributed by atoms with van der Waals surface area (Å²) in [4.78, 5) is 45.9. The summed E-state index contributed by atoms with van der Waals surface area (Å²) in [5, 5.41) is 16.3. The first-order chi connectivity index (χ1) is 17.0. The van der Waals surface area contributed by atoms with Crippen LogP contribution < -0.4 is 15.5 Å². The minimum atomic E-state index is -4.61. The molecule has 0 heterocycles. The van der Waals surface area contributed by atoms with E-state index in [1.807, 2.05) is 10.7 Å². The van der Waals surface area contributed by atoms with Gasteiger partial charge in [0.15, 0.2) is 0 Å². The molecule has 0 aliphatic carbocycles. The van der Waals surface area contributed by atoms with E-state index in [0.29, 0.717) is 11.6 Å². The summed E-state index contributed by atoms with van der Waals surface area (Å²) in [7, 11) is 0. The largest absolute Gasteiger partial charge is 0.423 e. The molecule has 36 heavy (non-hydrogen) atoms. The fraction of sp³-hybridized carbons (Fsp3) is 0.0435. The van der Waals surface area contributed by atoms with E-state index >= 15 is 0 Å². The lowest BCUT2D eigenvalue weighted by Crippen LogP contribution is -2.32. The second-order valence-electron chi connectivity index (χ2n) is 6.99. The fourth-order valence-corrected chi connectivity index (χ4v) is 2.68. The molecule has 0 radical (unpaired) electrons. The number of carbonyl (C=O) groups excluding carboxylic acids is 3. The van der Waals surface area contributed by atoms with Gasteiger partial charge in [-0.15, -0.1) is 0 Å². The summed E-state index contributed by atoms with van der Waals surface area (Å²) >= 11 is 0. The lowest BCUT2D eigenvalue weighted by Gasteiger charge is -2.09. The number of anilines is 1. The molecule has 0 saturated carbocycles. The van der Waals surface area contributed by atoms with Crippen molar-refractivity contribution in [2.24, 2.45) is 5.10 Å². The van der Waals surface area contributed by atoms with Crippen LogP contribution in [0.3, 0.4) is 0 Å². The number of halogens is 3. The Bertz CT molecular complexity index is 1320. The highest BCUT2D eigenvalue weighted by molar-refractivity contribution is 6.39. The number of nitro groups is 1. The first kappa shape index (κ1) is 25.6. The zero-order chi connectivity index (χ0) is 26.3. The Morgan fingerprint density at radius 1 is 0.944 bits per heavy atom. The maximum absolute atomic E-state index is 12.7. The number of rotatable bonds is 6. The first-order valence-electron chi connectivity index (χ1n) is 9.91. The van der Waals surface area contributed by atoms with Gasteiger partial charge < -0.3 is 10.1 Å². The van der Waals surface area contributed by atoms with Crippen molar-refractivity contribution < 1.29 is 37.2 Å². The molecule has 3 rings (SSSR count). The van der Waals surface area contributed by atoms with E-state index in [0.717, 1.165) is 12.1 Å². The van der Waals surface area contributed by atoms with E-state index in [1.165, 1.54) is 60.8 Å². The highest BCUT2D eigenvalue weighted by atomic mass is 19.4. The zero-order valence-electron chi connectivity index (χ0n) is 18.0. The third kappa shape index (κ3) is 6.96. The maximum Gasteiger partial charge on any atom is 0.416 e. The third-order valence-corrected chi connectivity index (χ3v) is 4.44. The monoisotopic (exact) mass is 500 g/mol. The molecule has 2 N–H and O–H groups in total. The van der Waals surface area contributed by atoms with Gasteiger partial charge in [-0.05, 0) is 60.2 Å². The molecule has 3 aromatic rings. The smallest absolute Gasteiger partial charge is 0.416 e. The van der Waals surface area contributed by atoms with E-state index in [-0.39, 0.29) is 22.7 Å². The lowest BCUT2D eigenvalue weighted by molar-refractivity contribution is -0.384. The van der Waals surface area contributed by atoms with E-state index in [2.05, 4.69) is 5.10 Å². The van der Waals surface area contributed by atoms with Crippen LogP contribution in [0.5, 0.6) is 5.75 Å². The van der Waals surface area contributed by atoms with Gasteiger partial charge >= 0.3 is 24.0 Å². The summed E-state index contributed by atoms with van der Waals surface area (Å²) < 4.78 is 43.4. The number of nitrogens with one attached hydrogen (secondary N) is 2. The average Bonchev–Trinajstić information content (AvgIpc) is 2.84. The molecule has 3 aromatic carbocycles. The Balaban J connectivity index is 1.52. The molecule has 0 aromatic heterocycles. The predicted octanol–water partition coefficient (Wildman–Crippen LogP) is 3.92. The van der Waals surface area contributed by atoms with E-state index in [4.69, 9.17) is 4.74 Å². The number of esters is 1. The first-order valence-corrected chi connectivity index (χ1v) is 9.91. The molecule has 0 aliphatic rings. The Labute approximate surface area is 200 Å². The predicted molar refractivity (Wildman–Crippen MR) is 120 cm³/mol. The maximum atomic E-state index is 12.7. The Morgan fingerprint density at radius 2 is 1.61 bits per heavy atom. The molecule has 0 aliphatic heterocycles. The number of hydrogen-bond acceptors (Lipinski definition) is 7. The molecule has 0 unspecified atom stereocenters. The van der Waals surface area contributed by atoms with Crippen LogP contribution in [0.25, 0.3) is 0 Å². The molecule has 0 saturated heterocycles. The van der Waals surface area contributed by atoms with Gasteiger partial charge in [0, 0.05) is 17.8 Å². The quantitative estimate of drug-likeness (QED) is 0.131. The molecular weight excluding hydrogens is 485 g/mol. The van der Waals surface area contributed by atoms with Gasteiger partial charge in [-0.2, -0.15) is 18.3 Å². The Hall–Kier alpha value is -5.07. The van der Waals surface area contributed by atoms with Gasteiger partial charge in [0.1, 0.15) is 5.75 Å². The fourth-order valence-electron chi connectivity index (χ4n) is 2.68. The van der Waals surface area contributed by atoms with Crippen molar-refractivity contribution in [1.29, 1.82) is 0 Å². The summed E-state index contributed by atoms with van der Waals surface area (Å²) in [5.41, 5.74) is 1.12. The molecular formula is C23H15F3N4O6. The molecule has 0 fully saturated rings. The number of hydrazone groups is 1. The van der Waals surface area contributed by atoms with Crippen LogP contribution in [0.4, 0.5) is 24.5 Å². The normalized spacial score (nSPS) is 11.1. The van der Waals surface area contributed by atoms with Crippen LogP contribution >= 0.6 is 0 Å². The van der Waals surface area contributed by atoms with Crippen molar-refractivity contribution in [3.63, 3.8) is 0 Å².